The molecule has 0 aliphatic heterocycles. The highest BCUT2D eigenvalue weighted by Crippen LogP contribution is 2.17. The summed E-state index contributed by atoms with van der Waals surface area (Å²) in [5.74, 6) is -0.658. The molecular weight excluding hydrogens is 374 g/mol. The van der Waals surface area contributed by atoms with E-state index < -0.39 is 10.8 Å². The van der Waals surface area contributed by atoms with E-state index in [1.807, 2.05) is 0 Å². The van der Waals surface area contributed by atoms with Crippen molar-refractivity contribution < 1.29 is 14.5 Å². The Morgan fingerprint density at radius 1 is 1.10 bits per heavy atom. The molecule has 29 heavy (non-hydrogen) atoms. The highest BCUT2D eigenvalue weighted by Gasteiger charge is 2.08. The Balaban J connectivity index is 1.70. The lowest BCUT2D eigenvalue weighted by Crippen LogP contribution is -2.18. The van der Waals surface area contributed by atoms with Gasteiger partial charge in [0.05, 0.1) is 16.8 Å². The summed E-state index contributed by atoms with van der Waals surface area (Å²) in [5, 5.41) is 17.4. The molecule has 1 heterocycles. The molecule has 0 aliphatic rings. The Labute approximate surface area is 165 Å². The van der Waals surface area contributed by atoms with Crippen LogP contribution in [0, 0.1) is 10.1 Å². The predicted molar refractivity (Wildman–Crippen MR) is 108 cm³/mol. The second kappa shape index (κ2) is 8.61. The van der Waals surface area contributed by atoms with Crippen molar-refractivity contribution in [1.29, 1.82) is 0 Å². The molecule has 0 spiro atoms. The number of nitrogens with one attached hydrogen (secondary N) is 2. The number of hydrogen-bond acceptors (Lipinski definition) is 5. The molecule has 0 aliphatic carbocycles. The number of anilines is 1. The van der Waals surface area contributed by atoms with Crippen molar-refractivity contribution in [3.8, 4) is 5.69 Å². The average Bonchev–Trinajstić information content (AvgIpc) is 3.16. The van der Waals surface area contributed by atoms with Gasteiger partial charge in [-0.15, -0.1) is 0 Å². The highest BCUT2D eigenvalue weighted by molar-refractivity contribution is 5.97. The fourth-order valence-electron chi connectivity index (χ4n) is 2.63. The molecule has 0 unspecified atom stereocenters. The highest BCUT2D eigenvalue weighted by atomic mass is 16.6. The monoisotopic (exact) mass is 391 g/mol. The summed E-state index contributed by atoms with van der Waals surface area (Å²) in [6.45, 7) is 1.39. The van der Waals surface area contributed by atoms with Crippen LogP contribution in [0.25, 0.3) is 5.69 Å². The molecule has 1 aromatic heterocycles. The number of hydrazone groups is 1. The van der Waals surface area contributed by atoms with Gasteiger partial charge in [0.1, 0.15) is 0 Å². The van der Waals surface area contributed by atoms with E-state index in [0.717, 1.165) is 5.69 Å². The Bertz CT molecular complexity index is 1090. The van der Waals surface area contributed by atoms with E-state index >= 15 is 0 Å². The van der Waals surface area contributed by atoms with Crippen LogP contribution >= 0.6 is 0 Å². The number of carbonyl (C=O) groups excluding carboxylic acids is 2. The van der Waals surface area contributed by atoms with Crippen molar-refractivity contribution in [2.45, 2.75) is 6.92 Å². The first-order valence-electron chi connectivity index (χ1n) is 8.57. The minimum Gasteiger partial charge on any atom is -0.326 e. The van der Waals surface area contributed by atoms with Gasteiger partial charge in [-0.25, -0.2) is 5.43 Å². The van der Waals surface area contributed by atoms with Gasteiger partial charge in [-0.1, -0.05) is 6.07 Å². The average molecular weight is 391 g/mol. The summed E-state index contributed by atoms with van der Waals surface area (Å²) in [7, 11) is 0. The van der Waals surface area contributed by atoms with Crippen molar-refractivity contribution in [3.05, 3.63) is 88.2 Å². The minimum atomic E-state index is -0.460. The Kier molecular flexibility index (Phi) is 5.79. The van der Waals surface area contributed by atoms with Crippen LogP contribution in [0.2, 0.25) is 0 Å². The van der Waals surface area contributed by atoms with Gasteiger partial charge < -0.3 is 9.88 Å². The van der Waals surface area contributed by atoms with E-state index in [0.29, 0.717) is 16.9 Å². The van der Waals surface area contributed by atoms with Gasteiger partial charge >= 0.3 is 0 Å². The quantitative estimate of drug-likeness (QED) is 0.381. The van der Waals surface area contributed by atoms with E-state index in [1.165, 1.54) is 25.3 Å². The molecule has 0 saturated carbocycles. The van der Waals surface area contributed by atoms with Crippen LogP contribution in [-0.2, 0) is 4.79 Å². The molecule has 3 aromatic rings. The number of nitrogens with zero attached hydrogens (tertiary/aromatic N) is 3. The number of nitro groups is 1. The third-order valence-electron chi connectivity index (χ3n) is 3.93. The van der Waals surface area contributed by atoms with Crippen LogP contribution in [0.1, 0.15) is 23.0 Å². The summed E-state index contributed by atoms with van der Waals surface area (Å²) in [6.07, 6.45) is 3.25. The second-order valence-electron chi connectivity index (χ2n) is 6.04. The second-order valence-corrected chi connectivity index (χ2v) is 6.04. The summed E-state index contributed by atoms with van der Waals surface area (Å²) in [6, 6.07) is 16.2. The minimum absolute atomic E-state index is 0.00452. The van der Waals surface area contributed by atoms with Gasteiger partial charge in [0.2, 0.25) is 5.91 Å². The van der Waals surface area contributed by atoms with Crippen LogP contribution in [0.4, 0.5) is 11.4 Å². The molecule has 2 amide bonds. The van der Waals surface area contributed by atoms with Gasteiger partial charge in [-0.3, -0.25) is 19.7 Å². The number of rotatable bonds is 6. The summed E-state index contributed by atoms with van der Waals surface area (Å²) in [4.78, 5) is 33.7. The van der Waals surface area contributed by atoms with Crippen molar-refractivity contribution in [1.82, 2.24) is 9.99 Å². The smallest absolute Gasteiger partial charge is 0.271 e. The fraction of sp³-hybridized carbons (Fsp3) is 0.0500. The van der Waals surface area contributed by atoms with Gasteiger partial charge in [0.25, 0.3) is 11.6 Å². The first-order chi connectivity index (χ1) is 13.9. The van der Waals surface area contributed by atoms with Gasteiger partial charge in [-0.05, 0) is 42.5 Å². The van der Waals surface area contributed by atoms with Gasteiger partial charge in [0, 0.05) is 42.2 Å². The number of nitro benzene ring substituents is 1. The number of benzene rings is 2. The SMILES string of the molecule is CC(=O)Nc1cccc(C(=O)N/N=C\c2cccn2-c2ccc([N+](=O)[O-])cc2)c1. The zero-order valence-electron chi connectivity index (χ0n) is 15.4. The molecule has 0 saturated heterocycles. The Morgan fingerprint density at radius 2 is 1.86 bits per heavy atom. The maximum Gasteiger partial charge on any atom is 0.271 e. The van der Waals surface area contributed by atoms with Crippen LogP contribution in [-0.4, -0.2) is 27.5 Å². The van der Waals surface area contributed by atoms with E-state index in [1.54, 1.807) is 59.3 Å². The molecule has 2 N–H and O–H groups in total. The Morgan fingerprint density at radius 3 is 2.55 bits per heavy atom. The Hall–Kier alpha value is -4.27. The van der Waals surface area contributed by atoms with E-state index in [4.69, 9.17) is 0 Å². The molecule has 2 aromatic carbocycles. The number of carbonyl (C=O) groups is 2. The molecule has 9 nitrogen and oxygen atoms in total. The first kappa shape index (κ1) is 19.5. The van der Waals surface area contributed by atoms with Gasteiger partial charge in [0.15, 0.2) is 0 Å². The summed E-state index contributed by atoms with van der Waals surface area (Å²) < 4.78 is 1.77. The molecule has 0 fully saturated rings. The standard InChI is InChI=1S/C20H17N5O4/c1-14(26)22-16-5-2-4-15(12-16)20(27)23-21-13-19-6-3-11-24(19)17-7-9-18(10-8-17)25(28)29/h2-13H,1H3,(H,22,26)(H,23,27)/b21-13-. The molecule has 146 valence electrons. The zero-order valence-corrected chi connectivity index (χ0v) is 15.4. The first-order valence-corrected chi connectivity index (χ1v) is 8.57. The van der Waals surface area contributed by atoms with Crippen molar-refractivity contribution in [3.63, 3.8) is 0 Å². The maximum atomic E-state index is 12.3. The third-order valence-corrected chi connectivity index (χ3v) is 3.93. The number of hydrogen-bond donors (Lipinski definition) is 2. The zero-order chi connectivity index (χ0) is 20.8. The van der Waals surface area contributed by atoms with Crippen molar-refractivity contribution >= 4 is 29.4 Å². The van der Waals surface area contributed by atoms with E-state index in [2.05, 4.69) is 15.8 Å². The van der Waals surface area contributed by atoms with E-state index in [-0.39, 0.29) is 11.6 Å². The third kappa shape index (κ3) is 4.92. The number of amides is 2. The lowest BCUT2D eigenvalue weighted by atomic mass is 10.2. The van der Waals surface area contributed by atoms with Crippen LogP contribution in [0.15, 0.2) is 72.0 Å². The van der Waals surface area contributed by atoms with Gasteiger partial charge in [-0.2, -0.15) is 5.10 Å². The van der Waals surface area contributed by atoms with Crippen LogP contribution < -0.4 is 10.7 Å². The molecule has 3 rings (SSSR count). The maximum absolute atomic E-state index is 12.3. The number of non-ortho nitro benzene ring substituents is 1. The lowest BCUT2D eigenvalue weighted by Gasteiger charge is -2.06. The number of aromatic nitrogens is 1. The molecule has 0 radical (unpaired) electrons. The fourth-order valence-corrected chi connectivity index (χ4v) is 2.63. The molecular formula is C20H17N5O4. The molecule has 0 atom stereocenters. The molecule has 0 bridgehead atoms. The summed E-state index contributed by atoms with van der Waals surface area (Å²) >= 11 is 0. The normalized spacial score (nSPS) is 10.7. The van der Waals surface area contributed by atoms with Crippen molar-refractivity contribution in [2.75, 3.05) is 5.32 Å². The lowest BCUT2D eigenvalue weighted by molar-refractivity contribution is -0.384. The van der Waals surface area contributed by atoms with E-state index in [9.17, 15) is 19.7 Å². The predicted octanol–water partition coefficient (Wildman–Crippen LogP) is 3.11. The van der Waals surface area contributed by atoms with Crippen LogP contribution in [0.5, 0.6) is 0 Å². The van der Waals surface area contributed by atoms with Crippen LogP contribution in [0.3, 0.4) is 0 Å². The van der Waals surface area contributed by atoms with Crippen molar-refractivity contribution in [2.24, 2.45) is 5.10 Å². The molecule has 9 heteroatoms. The largest absolute Gasteiger partial charge is 0.326 e. The summed E-state index contributed by atoms with van der Waals surface area (Å²) in [5.41, 5.74) is 4.69. The topological polar surface area (TPSA) is 119 Å².